The average Bonchev–Trinajstić information content (AvgIpc) is 3.18. The Morgan fingerprint density at radius 3 is 2.86 bits per heavy atom. The topological polar surface area (TPSA) is 38.8 Å². The van der Waals surface area contributed by atoms with Gasteiger partial charge in [-0.15, -0.1) is 0 Å². The number of carbonyl (C=O) groups is 1. The van der Waals surface area contributed by atoms with E-state index >= 15 is 0 Å². The molecule has 4 nitrogen and oxygen atoms in total. The SMILES string of the molecule is COC(=O)CC1(CSCC2CN(CC(C)C)CCO2)CC1. The Bertz CT molecular complexity index is 344. The minimum absolute atomic E-state index is 0.0647. The van der Waals surface area contributed by atoms with Crippen LogP contribution in [0.4, 0.5) is 0 Å². The molecule has 0 amide bonds. The van der Waals surface area contributed by atoms with Crippen LogP contribution >= 0.6 is 11.8 Å². The quantitative estimate of drug-likeness (QED) is 0.643. The summed E-state index contributed by atoms with van der Waals surface area (Å²) in [5.74, 6) is 2.75. The van der Waals surface area contributed by atoms with Gasteiger partial charge in [0.25, 0.3) is 0 Å². The number of nitrogens with zero attached hydrogens (tertiary/aromatic N) is 1. The Balaban J connectivity index is 1.65. The fourth-order valence-electron chi connectivity index (χ4n) is 2.90. The first-order valence-electron chi connectivity index (χ1n) is 8.01. The molecule has 0 aromatic carbocycles. The minimum Gasteiger partial charge on any atom is -0.469 e. The normalized spacial score (nSPS) is 25.0. The maximum absolute atomic E-state index is 11.4. The smallest absolute Gasteiger partial charge is 0.306 e. The van der Waals surface area contributed by atoms with E-state index in [0.717, 1.165) is 37.7 Å². The molecular formula is C16H29NO3S. The second-order valence-corrected chi connectivity index (χ2v) is 7.94. The molecule has 122 valence electrons. The first kappa shape index (κ1) is 17.1. The highest BCUT2D eigenvalue weighted by Crippen LogP contribution is 2.51. The third-order valence-corrected chi connectivity index (χ3v) is 5.69. The van der Waals surface area contributed by atoms with Crippen molar-refractivity contribution in [1.29, 1.82) is 0 Å². The molecule has 1 unspecified atom stereocenters. The molecule has 1 aliphatic heterocycles. The van der Waals surface area contributed by atoms with E-state index in [1.54, 1.807) is 0 Å². The Morgan fingerprint density at radius 1 is 1.48 bits per heavy atom. The van der Waals surface area contributed by atoms with Crippen molar-refractivity contribution in [1.82, 2.24) is 4.90 Å². The maximum atomic E-state index is 11.4. The molecule has 0 spiro atoms. The molecule has 2 fully saturated rings. The highest BCUT2D eigenvalue weighted by atomic mass is 32.2. The van der Waals surface area contributed by atoms with Gasteiger partial charge in [-0.3, -0.25) is 9.69 Å². The van der Waals surface area contributed by atoms with Gasteiger partial charge in [0.15, 0.2) is 0 Å². The largest absolute Gasteiger partial charge is 0.469 e. The van der Waals surface area contributed by atoms with E-state index in [1.165, 1.54) is 20.0 Å². The molecule has 5 heteroatoms. The standard InChI is InChI=1S/C16H29NO3S/c1-13(2)9-17-6-7-20-14(10-17)11-21-12-16(4-5-16)8-15(18)19-3/h13-14H,4-12H2,1-3H3. The second kappa shape index (κ2) is 7.84. The first-order valence-corrected chi connectivity index (χ1v) is 9.17. The first-order chi connectivity index (χ1) is 10.0. The van der Waals surface area contributed by atoms with E-state index in [0.29, 0.717) is 18.4 Å². The van der Waals surface area contributed by atoms with Crippen LogP contribution in [0.25, 0.3) is 0 Å². The van der Waals surface area contributed by atoms with E-state index in [2.05, 4.69) is 18.7 Å². The number of morpholine rings is 1. The summed E-state index contributed by atoms with van der Waals surface area (Å²) in [4.78, 5) is 13.9. The summed E-state index contributed by atoms with van der Waals surface area (Å²) in [6.07, 6.45) is 3.26. The lowest BCUT2D eigenvalue weighted by atomic mass is 10.1. The zero-order chi connectivity index (χ0) is 15.3. The summed E-state index contributed by atoms with van der Waals surface area (Å²) >= 11 is 1.94. The Labute approximate surface area is 132 Å². The van der Waals surface area contributed by atoms with Crippen molar-refractivity contribution < 1.29 is 14.3 Å². The van der Waals surface area contributed by atoms with Crippen molar-refractivity contribution in [2.75, 3.05) is 44.9 Å². The van der Waals surface area contributed by atoms with Crippen LogP contribution in [-0.2, 0) is 14.3 Å². The maximum Gasteiger partial charge on any atom is 0.306 e. The van der Waals surface area contributed by atoms with Gasteiger partial charge < -0.3 is 9.47 Å². The van der Waals surface area contributed by atoms with Crippen LogP contribution in [0, 0.1) is 11.3 Å². The molecule has 1 aliphatic carbocycles. The van der Waals surface area contributed by atoms with Crippen molar-refractivity contribution in [3.8, 4) is 0 Å². The van der Waals surface area contributed by atoms with Crippen LogP contribution in [-0.4, -0.2) is 61.8 Å². The van der Waals surface area contributed by atoms with Gasteiger partial charge in [-0.05, 0) is 29.9 Å². The molecule has 0 N–H and O–H groups in total. The molecule has 1 saturated heterocycles. The minimum atomic E-state index is -0.0647. The molecule has 1 heterocycles. The van der Waals surface area contributed by atoms with Gasteiger partial charge >= 0.3 is 5.97 Å². The van der Waals surface area contributed by atoms with Gasteiger partial charge in [-0.25, -0.2) is 0 Å². The van der Waals surface area contributed by atoms with Crippen LogP contribution in [0.3, 0.4) is 0 Å². The monoisotopic (exact) mass is 315 g/mol. The van der Waals surface area contributed by atoms with Crippen molar-refractivity contribution in [3.05, 3.63) is 0 Å². The summed E-state index contributed by atoms with van der Waals surface area (Å²) in [6, 6.07) is 0. The molecule has 2 aliphatic rings. The number of methoxy groups -OCH3 is 1. The number of hydrogen-bond donors (Lipinski definition) is 0. The Hall–Kier alpha value is -0.260. The fourth-order valence-corrected chi connectivity index (χ4v) is 4.30. The van der Waals surface area contributed by atoms with Crippen molar-refractivity contribution in [3.63, 3.8) is 0 Å². The average molecular weight is 315 g/mol. The van der Waals surface area contributed by atoms with Gasteiger partial charge in [-0.1, -0.05) is 13.8 Å². The lowest BCUT2D eigenvalue weighted by molar-refractivity contribution is -0.141. The van der Waals surface area contributed by atoms with Crippen LogP contribution in [0.1, 0.15) is 33.1 Å². The number of thioether (sulfide) groups is 1. The van der Waals surface area contributed by atoms with Gasteiger partial charge in [-0.2, -0.15) is 11.8 Å². The van der Waals surface area contributed by atoms with Gasteiger partial charge in [0.1, 0.15) is 0 Å². The molecular weight excluding hydrogens is 286 g/mol. The number of hydrogen-bond acceptors (Lipinski definition) is 5. The van der Waals surface area contributed by atoms with Crippen molar-refractivity contribution in [2.24, 2.45) is 11.3 Å². The van der Waals surface area contributed by atoms with E-state index < -0.39 is 0 Å². The molecule has 0 radical (unpaired) electrons. The second-order valence-electron chi connectivity index (χ2n) is 6.91. The zero-order valence-electron chi connectivity index (χ0n) is 13.6. The lowest BCUT2D eigenvalue weighted by Gasteiger charge is -2.34. The molecule has 1 atom stereocenters. The summed E-state index contributed by atoms with van der Waals surface area (Å²) in [6.45, 7) is 8.66. The Morgan fingerprint density at radius 2 is 2.24 bits per heavy atom. The van der Waals surface area contributed by atoms with Crippen LogP contribution in [0.15, 0.2) is 0 Å². The third kappa shape index (κ3) is 5.80. The van der Waals surface area contributed by atoms with E-state index in [-0.39, 0.29) is 11.4 Å². The van der Waals surface area contributed by atoms with Gasteiger partial charge in [0.05, 0.1) is 26.2 Å². The summed E-state index contributed by atoms with van der Waals surface area (Å²) < 4.78 is 10.7. The van der Waals surface area contributed by atoms with E-state index in [1.807, 2.05) is 11.8 Å². The highest BCUT2D eigenvalue weighted by molar-refractivity contribution is 7.99. The summed E-state index contributed by atoms with van der Waals surface area (Å²) in [7, 11) is 1.48. The molecule has 2 rings (SSSR count). The zero-order valence-corrected chi connectivity index (χ0v) is 14.4. The van der Waals surface area contributed by atoms with Crippen LogP contribution in [0.5, 0.6) is 0 Å². The van der Waals surface area contributed by atoms with Gasteiger partial charge in [0, 0.05) is 25.4 Å². The fraction of sp³-hybridized carbons (Fsp3) is 0.938. The van der Waals surface area contributed by atoms with Gasteiger partial charge in [0.2, 0.25) is 0 Å². The third-order valence-electron chi connectivity index (χ3n) is 4.26. The van der Waals surface area contributed by atoms with E-state index in [4.69, 9.17) is 9.47 Å². The summed E-state index contributed by atoms with van der Waals surface area (Å²) in [5.41, 5.74) is 0.226. The predicted octanol–water partition coefficient (Wildman–Crippen LogP) is 2.42. The molecule has 1 saturated carbocycles. The van der Waals surface area contributed by atoms with Crippen LogP contribution in [0.2, 0.25) is 0 Å². The number of carbonyl (C=O) groups excluding carboxylic acids is 1. The Kier molecular flexibility index (Phi) is 6.38. The number of ether oxygens (including phenoxy) is 2. The molecule has 0 bridgehead atoms. The number of esters is 1. The molecule has 21 heavy (non-hydrogen) atoms. The summed E-state index contributed by atoms with van der Waals surface area (Å²) in [5, 5.41) is 0. The van der Waals surface area contributed by atoms with E-state index in [9.17, 15) is 4.79 Å². The van der Waals surface area contributed by atoms with Crippen molar-refractivity contribution >= 4 is 17.7 Å². The molecule has 0 aromatic rings. The van der Waals surface area contributed by atoms with Crippen LogP contribution < -0.4 is 0 Å². The molecule has 0 aromatic heterocycles. The number of rotatable bonds is 8. The highest BCUT2D eigenvalue weighted by Gasteiger charge is 2.44. The lowest BCUT2D eigenvalue weighted by Crippen LogP contribution is -2.45. The predicted molar refractivity (Wildman–Crippen MR) is 86.6 cm³/mol. The van der Waals surface area contributed by atoms with Crippen molar-refractivity contribution in [2.45, 2.75) is 39.2 Å².